The molecular formula is C3H8KNO2S. The van der Waals surface area contributed by atoms with Crippen molar-refractivity contribution in [2.45, 2.75) is 13.3 Å². The van der Waals surface area contributed by atoms with E-state index in [1.54, 1.807) is 6.92 Å². The molecule has 0 fully saturated rings. The van der Waals surface area contributed by atoms with Crippen LogP contribution in [-0.2, 0) is 10.0 Å². The zero-order valence-electron chi connectivity index (χ0n) is 5.14. The van der Waals surface area contributed by atoms with Crippen molar-refractivity contribution in [3.8, 4) is 0 Å². The van der Waals surface area contributed by atoms with Gasteiger partial charge in [0.1, 0.15) is 0 Å². The zero-order valence-corrected chi connectivity index (χ0v) is 9.08. The van der Waals surface area contributed by atoms with Crippen LogP contribution in [0, 0.1) is 0 Å². The first-order valence-corrected chi connectivity index (χ1v) is 3.69. The molecule has 1 N–H and O–H groups in total. The fourth-order valence-corrected chi connectivity index (χ4v) is 0.806. The minimum atomic E-state index is -3.42. The summed E-state index contributed by atoms with van der Waals surface area (Å²) in [4.78, 5) is 0. The van der Waals surface area contributed by atoms with Gasteiger partial charge in [-0.05, 0) is 6.42 Å². The Morgan fingerprint density at radius 1 is 1.50 bits per heavy atom. The van der Waals surface area contributed by atoms with E-state index in [9.17, 15) is 8.42 Å². The molecule has 0 heterocycles. The molecule has 0 spiro atoms. The summed E-state index contributed by atoms with van der Waals surface area (Å²) in [5.41, 5.74) is 0. The summed E-state index contributed by atoms with van der Waals surface area (Å²) in [6, 6.07) is 0. The predicted molar refractivity (Wildman–Crippen MR) is 28.4 cm³/mol. The second kappa shape index (κ2) is 5.34. The molecule has 0 amide bonds. The van der Waals surface area contributed by atoms with Gasteiger partial charge in [-0.15, -0.1) is 0 Å². The van der Waals surface area contributed by atoms with Crippen LogP contribution < -0.4 is 51.4 Å². The molecule has 3 nitrogen and oxygen atoms in total. The molecule has 0 saturated carbocycles. The SMILES string of the molecule is CCCS([NH-])(=O)=O.[K+]. The molecule has 0 aromatic heterocycles. The normalized spacial score (nSPS) is 10.2. The molecular weight excluding hydrogens is 153 g/mol. The summed E-state index contributed by atoms with van der Waals surface area (Å²) >= 11 is 0. The Morgan fingerprint density at radius 2 is 1.88 bits per heavy atom. The largest absolute Gasteiger partial charge is 1.00 e. The first kappa shape index (κ1) is 12.2. The van der Waals surface area contributed by atoms with E-state index in [2.05, 4.69) is 0 Å². The molecule has 44 valence electrons. The molecule has 0 saturated heterocycles. The topological polar surface area (TPSA) is 57.9 Å². The first-order chi connectivity index (χ1) is 3.06. The number of hydrogen-bond acceptors (Lipinski definition) is 2. The van der Waals surface area contributed by atoms with Crippen molar-refractivity contribution in [1.29, 1.82) is 0 Å². The third-order valence-electron chi connectivity index (χ3n) is 0.473. The van der Waals surface area contributed by atoms with Crippen LogP contribution in [-0.4, -0.2) is 14.2 Å². The molecule has 0 radical (unpaired) electrons. The van der Waals surface area contributed by atoms with Crippen molar-refractivity contribution in [3.05, 3.63) is 5.14 Å². The fourth-order valence-electron chi connectivity index (χ4n) is 0.269. The van der Waals surface area contributed by atoms with E-state index in [1.165, 1.54) is 0 Å². The van der Waals surface area contributed by atoms with Crippen LogP contribution in [0.4, 0.5) is 0 Å². The van der Waals surface area contributed by atoms with Crippen LogP contribution in [0.3, 0.4) is 0 Å². The quantitative estimate of drug-likeness (QED) is 0.431. The van der Waals surface area contributed by atoms with Crippen molar-refractivity contribution in [2.75, 3.05) is 5.75 Å². The van der Waals surface area contributed by atoms with Crippen LogP contribution >= 0.6 is 0 Å². The maximum atomic E-state index is 9.90. The average molecular weight is 161 g/mol. The number of sulfonamides is 1. The Bertz CT molecular complexity index is 130. The summed E-state index contributed by atoms with van der Waals surface area (Å²) in [7, 11) is -3.42. The maximum Gasteiger partial charge on any atom is 1.00 e. The van der Waals surface area contributed by atoms with Crippen molar-refractivity contribution in [3.63, 3.8) is 0 Å². The minimum Gasteiger partial charge on any atom is -0.564 e. The number of rotatable bonds is 2. The van der Waals surface area contributed by atoms with Crippen molar-refractivity contribution < 1.29 is 59.8 Å². The van der Waals surface area contributed by atoms with Gasteiger partial charge in [-0.25, -0.2) is 8.42 Å². The molecule has 0 unspecified atom stereocenters. The van der Waals surface area contributed by atoms with E-state index in [-0.39, 0.29) is 57.1 Å². The van der Waals surface area contributed by atoms with Gasteiger partial charge in [0.15, 0.2) is 0 Å². The van der Waals surface area contributed by atoms with Gasteiger partial charge in [-0.3, -0.25) is 0 Å². The molecule has 0 aliphatic carbocycles. The summed E-state index contributed by atoms with van der Waals surface area (Å²) < 4.78 is 19.8. The smallest absolute Gasteiger partial charge is 0.564 e. The van der Waals surface area contributed by atoms with Gasteiger partial charge >= 0.3 is 51.4 Å². The van der Waals surface area contributed by atoms with Crippen LogP contribution in [0.2, 0.25) is 0 Å². The van der Waals surface area contributed by atoms with Gasteiger partial charge in [0, 0.05) is 5.75 Å². The standard InChI is InChI=1S/C3H8NO2S.K/c1-2-3-7(4,5)6;/h2-3H2,1H3,(H-,4,5,6);/q-1;+1. The summed E-state index contributed by atoms with van der Waals surface area (Å²) in [5.74, 6) is -0.0208. The zero-order chi connectivity index (χ0) is 5.91. The Labute approximate surface area is 92.5 Å². The Balaban J connectivity index is 0. The van der Waals surface area contributed by atoms with E-state index in [4.69, 9.17) is 5.14 Å². The van der Waals surface area contributed by atoms with E-state index in [0.29, 0.717) is 6.42 Å². The molecule has 8 heavy (non-hydrogen) atoms. The van der Waals surface area contributed by atoms with Gasteiger partial charge < -0.3 is 5.14 Å². The molecule has 0 aliphatic rings. The second-order valence-electron chi connectivity index (χ2n) is 1.32. The van der Waals surface area contributed by atoms with E-state index < -0.39 is 10.0 Å². The molecule has 0 aromatic rings. The molecule has 0 bridgehead atoms. The third kappa shape index (κ3) is 10.5. The van der Waals surface area contributed by atoms with E-state index in [1.807, 2.05) is 0 Å². The van der Waals surface area contributed by atoms with Crippen molar-refractivity contribution in [1.82, 2.24) is 0 Å². The molecule has 0 atom stereocenters. The fraction of sp³-hybridized carbons (Fsp3) is 1.00. The second-order valence-corrected chi connectivity index (χ2v) is 2.96. The first-order valence-electron chi connectivity index (χ1n) is 2.03. The summed E-state index contributed by atoms with van der Waals surface area (Å²) in [6.07, 6.45) is 0.534. The summed E-state index contributed by atoms with van der Waals surface area (Å²) in [6.45, 7) is 1.73. The van der Waals surface area contributed by atoms with Crippen LogP contribution in [0.1, 0.15) is 13.3 Å². The molecule has 5 heteroatoms. The van der Waals surface area contributed by atoms with Gasteiger partial charge in [-0.2, -0.15) is 0 Å². The summed E-state index contributed by atoms with van der Waals surface area (Å²) in [5, 5.41) is 6.30. The Hall–Kier alpha value is 1.55. The van der Waals surface area contributed by atoms with Crippen LogP contribution in [0.15, 0.2) is 0 Å². The van der Waals surface area contributed by atoms with Gasteiger partial charge in [0.05, 0.1) is 10.0 Å². The molecule has 0 aliphatic heterocycles. The van der Waals surface area contributed by atoms with Crippen LogP contribution in [0.5, 0.6) is 0 Å². The monoisotopic (exact) mass is 161 g/mol. The van der Waals surface area contributed by atoms with E-state index >= 15 is 0 Å². The van der Waals surface area contributed by atoms with Gasteiger partial charge in [0.2, 0.25) is 0 Å². The third-order valence-corrected chi connectivity index (χ3v) is 1.42. The van der Waals surface area contributed by atoms with E-state index in [0.717, 1.165) is 0 Å². The number of nitrogens with one attached hydrogen (secondary N) is 1. The molecule has 0 aromatic carbocycles. The van der Waals surface area contributed by atoms with Crippen molar-refractivity contribution >= 4 is 10.0 Å². The van der Waals surface area contributed by atoms with Gasteiger partial charge in [0.25, 0.3) is 0 Å². The minimum absolute atomic E-state index is 0. The maximum absolute atomic E-state index is 9.90. The predicted octanol–water partition coefficient (Wildman–Crippen LogP) is -2.22. The number of hydrogen-bond donors (Lipinski definition) is 0. The van der Waals surface area contributed by atoms with Crippen molar-refractivity contribution in [2.24, 2.45) is 0 Å². The van der Waals surface area contributed by atoms with Gasteiger partial charge in [-0.1, -0.05) is 6.92 Å². The van der Waals surface area contributed by atoms with Crippen LogP contribution in [0.25, 0.3) is 5.14 Å². The average Bonchev–Trinajstić information content (AvgIpc) is 1.30. The Morgan fingerprint density at radius 3 is 1.88 bits per heavy atom. The Kier molecular flexibility index (Phi) is 8.17. The molecule has 0 rings (SSSR count).